The lowest BCUT2D eigenvalue weighted by Gasteiger charge is -2.07. The van der Waals surface area contributed by atoms with Crippen molar-refractivity contribution >= 4 is 16.8 Å². The van der Waals surface area contributed by atoms with Crippen molar-refractivity contribution in [2.45, 2.75) is 26.2 Å². The van der Waals surface area contributed by atoms with E-state index >= 15 is 0 Å². The van der Waals surface area contributed by atoms with Crippen LogP contribution in [0, 0.1) is 6.92 Å². The number of carbonyl (C=O) groups excluding carboxylic acids is 1. The van der Waals surface area contributed by atoms with Gasteiger partial charge in [0, 0.05) is 18.5 Å². The van der Waals surface area contributed by atoms with Crippen molar-refractivity contribution in [1.82, 2.24) is 10.3 Å². The van der Waals surface area contributed by atoms with Crippen LogP contribution in [-0.4, -0.2) is 24.5 Å². The molecule has 2 aromatic carbocycles. The molecule has 0 bridgehead atoms. The number of aryl methyl sites for hydroxylation is 2. The normalized spacial score (nSPS) is 10.7. The molecule has 0 saturated heterocycles. The van der Waals surface area contributed by atoms with Gasteiger partial charge in [-0.1, -0.05) is 30.3 Å². The van der Waals surface area contributed by atoms with Crippen molar-refractivity contribution in [3.05, 3.63) is 75.6 Å². The Morgan fingerprint density at radius 1 is 1.11 bits per heavy atom. The number of H-pyrrole nitrogens is 1. The molecule has 140 valence electrons. The first kappa shape index (κ1) is 18.7. The Morgan fingerprint density at radius 3 is 2.63 bits per heavy atom. The van der Waals surface area contributed by atoms with E-state index in [2.05, 4.69) is 10.3 Å². The molecule has 0 aliphatic rings. The highest BCUT2D eigenvalue weighted by Crippen LogP contribution is 2.15. The van der Waals surface area contributed by atoms with E-state index in [-0.39, 0.29) is 11.5 Å². The van der Waals surface area contributed by atoms with E-state index in [4.69, 9.17) is 4.74 Å². The van der Waals surface area contributed by atoms with Gasteiger partial charge in [0.05, 0.1) is 12.6 Å². The van der Waals surface area contributed by atoms with Crippen LogP contribution in [0.25, 0.3) is 10.9 Å². The van der Waals surface area contributed by atoms with Gasteiger partial charge < -0.3 is 15.0 Å². The average Bonchev–Trinajstić information content (AvgIpc) is 2.68. The standard InChI is InChI=1S/C22H24N2O3/c1-15-4-3-5-17-14-18(22(26)24-21(15)17)12-13-23-20(25)11-8-16-6-9-19(27-2)10-7-16/h3-7,9-10,14H,8,11-13H2,1-2H3,(H,23,25)(H,24,26). The molecule has 0 aliphatic carbocycles. The van der Waals surface area contributed by atoms with Crippen LogP contribution in [-0.2, 0) is 17.6 Å². The van der Waals surface area contributed by atoms with E-state index in [0.717, 1.165) is 27.8 Å². The number of amides is 1. The lowest BCUT2D eigenvalue weighted by Crippen LogP contribution is -2.27. The SMILES string of the molecule is COc1ccc(CCC(=O)NCCc2cc3cccc(C)c3[nH]c2=O)cc1. The van der Waals surface area contributed by atoms with Gasteiger partial charge in [-0.3, -0.25) is 9.59 Å². The molecule has 3 aromatic rings. The maximum Gasteiger partial charge on any atom is 0.251 e. The summed E-state index contributed by atoms with van der Waals surface area (Å²) >= 11 is 0. The smallest absolute Gasteiger partial charge is 0.251 e. The molecule has 2 N–H and O–H groups in total. The number of aromatic amines is 1. The highest BCUT2D eigenvalue weighted by Gasteiger charge is 2.06. The fourth-order valence-corrected chi connectivity index (χ4v) is 3.09. The van der Waals surface area contributed by atoms with Crippen LogP contribution < -0.4 is 15.6 Å². The van der Waals surface area contributed by atoms with Crippen LogP contribution in [0.4, 0.5) is 0 Å². The lowest BCUT2D eigenvalue weighted by molar-refractivity contribution is -0.121. The second kappa shape index (κ2) is 8.54. The van der Waals surface area contributed by atoms with E-state index in [9.17, 15) is 9.59 Å². The molecular formula is C22H24N2O3. The summed E-state index contributed by atoms with van der Waals surface area (Å²) in [6.07, 6.45) is 1.60. The number of hydrogen-bond acceptors (Lipinski definition) is 3. The average molecular weight is 364 g/mol. The zero-order valence-corrected chi connectivity index (χ0v) is 15.7. The van der Waals surface area contributed by atoms with Crippen molar-refractivity contribution in [1.29, 1.82) is 0 Å². The van der Waals surface area contributed by atoms with Gasteiger partial charge in [0.15, 0.2) is 0 Å². The zero-order chi connectivity index (χ0) is 19.2. The molecule has 1 aromatic heterocycles. The second-order valence-corrected chi connectivity index (χ2v) is 6.61. The minimum absolute atomic E-state index is 0.0149. The van der Waals surface area contributed by atoms with Crippen molar-refractivity contribution in [3.8, 4) is 5.75 Å². The second-order valence-electron chi connectivity index (χ2n) is 6.61. The number of ether oxygens (including phenoxy) is 1. The number of aromatic nitrogens is 1. The Hall–Kier alpha value is -3.08. The molecular weight excluding hydrogens is 340 g/mol. The molecule has 0 spiro atoms. The highest BCUT2D eigenvalue weighted by atomic mass is 16.5. The predicted octanol–water partition coefficient (Wildman–Crippen LogP) is 3.14. The Labute approximate surface area is 158 Å². The summed E-state index contributed by atoms with van der Waals surface area (Å²) in [5.41, 5.74) is 3.60. The maximum atomic E-state index is 12.2. The molecule has 0 atom stereocenters. The first-order valence-electron chi connectivity index (χ1n) is 9.08. The minimum atomic E-state index is -0.0933. The molecule has 0 saturated carbocycles. The van der Waals surface area contributed by atoms with Gasteiger partial charge in [-0.15, -0.1) is 0 Å². The summed E-state index contributed by atoms with van der Waals surface area (Å²) in [6.45, 7) is 2.42. The minimum Gasteiger partial charge on any atom is -0.497 e. The van der Waals surface area contributed by atoms with E-state index in [0.29, 0.717) is 31.4 Å². The quantitative estimate of drug-likeness (QED) is 0.677. The van der Waals surface area contributed by atoms with Crippen LogP contribution in [0.5, 0.6) is 5.75 Å². The van der Waals surface area contributed by atoms with Gasteiger partial charge in [-0.05, 0) is 54.5 Å². The number of fused-ring (bicyclic) bond motifs is 1. The molecule has 0 aliphatic heterocycles. The highest BCUT2D eigenvalue weighted by molar-refractivity contribution is 5.82. The van der Waals surface area contributed by atoms with Gasteiger partial charge in [0.2, 0.25) is 5.91 Å². The topological polar surface area (TPSA) is 71.2 Å². The molecule has 0 radical (unpaired) electrons. The van der Waals surface area contributed by atoms with Gasteiger partial charge in [-0.25, -0.2) is 0 Å². The van der Waals surface area contributed by atoms with Gasteiger partial charge in [0.1, 0.15) is 5.75 Å². The summed E-state index contributed by atoms with van der Waals surface area (Å²) in [4.78, 5) is 27.2. The summed E-state index contributed by atoms with van der Waals surface area (Å²) < 4.78 is 5.13. The molecule has 1 amide bonds. The number of hydrogen-bond donors (Lipinski definition) is 2. The summed E-state index contributed by atoms with van der Waals surface area (Å²) in [5.74, 6) is 0.790. The van der Waals surface area contributed by atoms with Crippen LogP contribution in [0.1, 0.15) is 23.1 Å². The number of para-hydroxylation sites is 1. The van der Waals surface area contributed by atoms with Gasteiger partial charge in [-0.2, -0.15) is 0 Å². The lowest BCUT2D eigenvalue weighted by atomic mass is 10.1. The Balaban J connectivity index is 1.51. The fraction of sp³-hybridized carbons (Fsp3) is 0.273. The number of rotatable bonds is 7. The zero-order valence-electron chi connectivity index (χ0n) is 15.7. The Kier molecular flexibility index (Phi) is 5.91. The van der Waals surface area contributed by atoms with Gasteiger partial charge >= 0.3 is 0 Å². The van der Waals surface area contributed by atoms with Crippen LogP contribution >= 0.6 is 0 Å². The van der Waals surface area contributed by atoms with Crippen molar-refractivity contribution in [2.24, 2.45) is 0 Å². The fourth-order valence-electron chi connectivity index (χ4n) is 3.09. The molecule has 5 nitrogen and oxygen atoms in total. The Bertz CT molecular complexity index is 991. The molecule has 5 heteroatoms. The van der Waals surface area contributed by atoms with E-state index in [1.54, 1.807) is 7.11 Å². The van der Waals surface area contributed by atoms with E-state index < -0.39 is 0 Å². The monoisotopic (exact) mass is 364 g/mol. The third-order valence-electron chi connectivity index (χ3n) is 4.68. The third kappa shape index (κ3) is 4.76. The largest absolute Gasteiger partial charge is 0.497 e. The van der Waals surface area contributed by atoms with E-state index in [1.807, 2.05) is 55.5 Å². The molecule has 3 rings (SSSR count). The molecule has 1 heterocycles. The Morgan fingerprint density at radius 2 is 1.89 bits per heavy atom. The van der Waals surface area contributed by atoms with Crippen molar-refractivity contribution in [3.63, 3.8) is 0 Å². The summed E-state index contributed by atoms with van der Waals surface area (Å²) in [5, 5.41) is 3.90. The predicted molar refractivity (Wildman–Crippen MR) is 107 cm³/mol. The van der Waals surface area contributed by atoms with Crippen LogP contribution in [0.3, 0.4) is 0 Å². The maximum absolute atomic E-state index is 12.2. The first-order chi connectivity index (χ1) is 13.1. The first-order valence-corrected chi connectivity index (χ1v) is 9.08. The number of methoxy groups -OCH3 is 1. The van der Waals surface area contributed by atoms with Gasteiger partial charge in [0.25, 0.3) is 5.56 Å². The van der Waals surface area contributed by atoms with E-state index in [1.165, 1.54) is 0 Å². The number of carbonyl (C=O) groups is 1. The van der Waals surface area contributed by atoms with Crippen molar-refractivity contribution < 1.29 is 9.53 Å². The molecule has 27 heavy (non-hydrogen) atoms. The third-order valence-corrected chi connectivity index (χ3v) is 4.68. The molecule has 0 unspecified atom stereocenters. The van der Waals surface area contributed by atoms with Crippen LogP contribution in [0.15, 0.2) is 53.3 Å². The summed E-state index contributed by atoms with van der Waals surface area (Å²) in [6, 6.07) is 15.5. The molecule has 0 fully saturated rings. The van der Waals surface area contributed by atoms with Crippen molar-refractivity contribution in [2.75, 3.05) is 13.7 Å². The number of pyridine rings is 1. The number of nitrogens with one attached hydrogen (secondary N) is 2. The summed E-state index contributed by atoms with van der Waals surface area (Å²) in [7, 11) is 1.63. The van der Waals surface area contributed by atoms with Crippen LogP contribution in [0.2, 0.25) is 0 Å². The number of benzene rings is 2.